The van der Waals surface area contributed by atoms with E-state index in [1.807, 2.05) is 19.1 Å². The highest BCUT2D eigenvalue weighted by Gasteiger charge is 2.60. The molecule has 10 heteroatoms. The molecular formula is C34H38F4N2O4. The molecule has 0 bridgehead atoms. The maximum absolute atomic E-state index is 14.6. The molecule has 2 atom stereocenters. The van der Waals surface area contributed by atoms with Gasteiger partial charge >= 0.3 is 12.1 Å². The number of methoxy groups -OCH3 is 1. The number of benzene rings is 2. The highest BCUT2D eigenvalue weighted by atomic mass is 19.3. The van der Waals surface area contributed by atoms with Gasteiger partial charge in [0.15, 0.2) is 0 Å². The molecule has 1 spiro atoms. The Labute approximate surface area is 254 Å². The van der Waals surface area contributed by atoms with Crippen LogP contribution in [0.4, 0.5) is 22.4 Å². The van der Waals surface area contributed by atoms with E-state index in [4.69, 9.17) is 9.47 Å². The number of rotatable bonds is 5. The Morgan fingerprint density at radius 1 is 1.02 bits per heavy atom. The highest BCUT2D eigenvalue weighted by Crippen LogP contribution is 2.61. The predicted octanol–water partition coefficient (Wildman–Crippen LogP) is 8.39. The summed E-state index contributed by atoms with van der Waals surface area (Å²) >= 11 is 0. The summed E-state index contributed by atoms with van der Waals surface area (Å²) < 4.78 is 69.4. The molecule has 0 radical (unpaired) electrons. The van der Waals surface area contributed by atoms with Gasteiger partial charge in [-0.15, -0.1) is 0 Å². The number of alkyl halides is 4. The van der Waals surface area contributed by atoms with Crippen LogP contribution in [0.3, 0.4) is 0 Å². The van der Waals surface area contributed by atoms with Crippen LogP contribution in [0.5, 0.6) is 0 Å². The number of piperidine rings is 1. The first-order valence-corrected chi connectivity index (χ1v) is 15.1. The van der Waals surface area contributed by atoms with Crippen LogP contribution in [0.15, 0.2) is 42.6 Å². The van der Waals surface area contributed by atoms with Crippen LogP contribution >= 0.6 is 0 Å². The second-order valence-electron chi connectivity index (χ2n) is 14.0. The summed E-state index contributed by atoms with van der Waals surface area (Å²) in [5, 5.41) is 0.698. The van der Waals surface area contributed by atoms with Gasteiger partial charge < -0.3 is 9.47 Å². The molecular weight excluding hydrogens is 576 g/mol. The quantitative estimate of drug-likeness (QED) is 0.213. The topological polar surface area (TPSA) is 60.8 Å². The fourth-order valence-electron chi connectivity index (χ4n) is 7.35. The first kappa shape index (κ1) is 30.6. The largest absolute Gasteiger partial charge is 0.465 e. The third-order valence-corrected chi connectivity index (χ3v) is 9.44. The van der Waals surface area contributed by atoms with Crippen molar-refractivity contribution in [3.05, 3.63) is 70.4 Å². The van der Waals surface area contributed by atoms with Gasteiger partial charge in [0.25, 0.3) is 5.92 Å². The number of nitrogens with zero attached hydrogens (tertiary/aromatic N) is 2. The highest BCUT2D eigenvalue weighted by molar-refractivity contribution is 5.94. The number of carbonyl (C=O) groups excluding carboxylic acids is 2. The summed E-state index contributed by atoms with van der Waals surface area (Å²) in [6.07, 6.45) is 1.55. The van der Waals surface area contributed by atoms with Gasteiger partial charge in [0.2, 0.25) is 5.92 Å². The first-order valence-electron chi connectivity index (χ1n) is 15.1. The number of aromatic nitrogens is 1. The molecule has 0 amide bonds. The number of fused-ring (bicyclic) bond motifs is 1. The Bertz CT molecular complexity index is 1610. The molecule has 2 aliphatic carbocycles. The number of likely N-dealkylation sites (tertiary alicyclic amines) is 1. The van der Waals surface area contributed by atoms with Gasteiger partial charge in [-0.2, -0.15) is 0 Å². The predicted molar refractivity (Wildman–Crippen MR) is 157 cm³/mol. The van der Waals surface area contributed by atoms with E-state index in [2.05, 4.69) is 4.90 Å². The molecule has 3 fully saturated rings. The smallest absolute Gasteiger partial charge is 0.418 e. The lowest BCUT2D eigenvalue weighted by molar-refractivity contribution is -0.186. The molecule has 3 aliphatic rings. The molecule has 44 heavy (non-hydrogen) atoms. The Morgan fingerprint density at radius 3 is 2.25 bits per heavy atom. The number of ether oxygens (including phenoxy) is 2. The minimum absolute atomic E-state index is 0.169. The second kappa shape index (κ2) is 10.3. The molecule has 2 heterocycles. The van der Waals surface area contributed by atoms with E-state index in [0.717, 1.165) is 5.56 Å². The molecule has 6 nitrogen and oxygen atoms in total. The third-order valence-electron chi connectivity index (χ3n) is 9.44. The van der Waals surface area contributed by atoms with Crippen LogP contribution in [-0.4, -0.2) is 52.6 Å². The van der Waals surface area contributed by atoms with Gasteiger partial charge in [-0.25, -0.2) is 27.2 Å². The summed E-state index contributed by atoms with van der Waals surface area (Å²) in [7, 11) is 1.30. The van der Waals surface area contributed by atoms with E-state index in [9.17, 15) is 27.2 Å². The number of halogens is 4. The second-order valence-corrected chi connectivity index (χ2v) is 14.0. The van der Waals surface area contributed by atoms with Crippen molar-refractivity contribution in [2.45, 2.75) is 95.7 Å². The van der Waals surface area contributed by atoms with Gasteiger partial charge in [-0.1, -0.05) is 18.2 Å². The van der Waals surface area contributed by atoms with Crippen molar-refractivity contribution in [2.24, 2.45) is 5.41 Å². The van der Waals surface area contributed by atoms with Crippen LogP contribution in [-0.2, 0) is 16.0 Å². The van der Waals surface area contributed by atoms with E-state index in [0.29, 0.717) is 59.1 Å². The summed E-state index contributed by atoms with van der Waals surface area (Å²) in [4.78, 5) is 27.4. The van der Waals surface area contributed by atoms with Gasteiger partial charge in [-0.3, -0.25) is 9.47 Å². The van der Waals surface area contributed by atoms with Crippen molar-refractivity contribution < 1.29 is 36.6 Å². The number of hydrogen-bond donors (Lipinski definition) is 0. The molecule has 6 rings (SSSR count). The van der Waals surface area contributed by atoms with Crippen LogP contribution in [0.2, 0.25) is 0 Å². The normalized spacial score (nSPS) is 23.8. The van der Waals surface area contributed by atoms with E-state index in [-0.39, 0.29) is 25.3 Å². The van der Waals surface area contributed by atoms with Crippen molar-refractivity contribution in [3.8, 4) is 0 Å². The maximum atomic E-state index is 14.6. The lowest BCUT2D eigenvalue weighted by Crippen LogP contribution is -2.53. The zero-order valence-corrected chi connectivity index (χ0v) is 25.7. The maximum Gasteiger partial charge on any atom is 0.418 e. The van der Waals surface area contributed by atoms with Crippen LogP contribution in [0.1, 0.15) is 97.4 Å². The molecule has 3 aromatic rings. The van der Waals surface area contributed by atoms with Gasteiger partial charge in [0.1, 0.15) is 5.60 Å². The summed E-state index contributed by atoms with van der Waals surface area (Å²) in [6, 6.07) is 10.2. The van der Waals surface area contributed by atoms with Crippen LogP contribution in [0, 0.1) is 12.3 Å². The molecule has 1 unspecified atom stereocenters. The summed E-state index contributed by atoms with van der Waals surface area (Å²) in [6.45, 7) is 7.95. The number of esters is 1. The molecule has 0 N–H and O–H groups in total. The molecule has 1 aliphatic heterocycles. The third kappa shape index (κ3) is 5.61. The van der Waals surface area contributed by atoms with Crippen molar-refractivity contribution in [2.75, 3.05) is 13.7 Å². The van der Waals surface area contributed by atoms with Gasteiger partial charge in [-0.05, 0) is 92.9 Å². The minimum atomic E-state index is -2.81. The van der Waals surface area contributed by atoms with E-state index in [1.54, 1.807) is 51.2 Å². The lowest BCUT2D eigenvalue weighted by Gasteiger charge is -2.54. The fraction of sp³-hybridized carbons (Fsp3) is 0.529. The SMILES string of the molecule is COC(=O)c1ccc([C@@H]2CC3(CCN2Cc2c(C4CC4(F)F)cc(C)c4c2ccn4C(=O)OC(C)(C)C)CC(F)(F)C3)cc1. The molecule has 1 saturated heterocycles. The average molecular weight is 615 g/mol. The molecule has 236 valence electrons. The van der Waals surface area contributed by atoms with Crippen LogP contribution in [0.25, 0.3) is 10.9 Å². The lowest BCUT2D eigenvalue weighted by atomic mass is 9.59. The molecule has 1 aromatic heterocycles. The average Bonchev–Trinajstić information content (AvgIpc) is 3.33. The monoisotopic (exact) mass is 614 g/mol. The van der Waals surface area contributed by atoms with Crippen molar-refractivity contribution in [1.82, 2.24) is 9.47 Å². The van der Waals surface area contributed by atoms with E-state index < -0.39 is 40.8 Å². The first-order chi connectivity index (χ1) is 20.5. The van der Waals surface area contributed by atoms with Crippen molar-refractivity contribution in [3.63, 3.8) is 0 Å². The summed E-state index contributed by atoms with van der Waals surface area (Å²) in [5.74, 6) is -6.89. The Kier molecular flexibility index (Phi) is 7.18. The van der Waals surface area contributed by atoms with Crippen molar-refractivity contribution >= 4 is 23.0 Å². The van der Waals surface area contributed by atoms with Crippen molar-refractivity contribution in [1.29, 1.82) is 0 Å². The standard InChI is InChI=1S/C34H38F4N2O4/c1-20-14-24(26-15-34(26,37)38)25(23-10-12-40(28(20)23)30(42)44-31(2,3)4)17-39-13-11-32(18-33(35,36)19-32)16-27(39)21-6-8-22(9-7-21)29(41)43-5/h6-10,12,14,26-27H,11,13,15-19H2,1-5H3/t26?,27-/m0/s1. The fourth-order valence-corrected chi connectivity index (χ4v) is 7.35. The Balaban J connectivity index is 1.41. The summed E-state index contributed by atoms with van der Waals surface area (Å²) in [5.41, 5.74) is 2.58. The van der Waals surface area contributed by atoms with E-state index >= 15 is 0 Å². The Hall–Kier alpha value is -3.40. The Morgan fingerprint density at radius 2 is 1.68 bits per heavy atom. The van der Waals surface area contributed by atoms with E-state index in [1.165, 1.54) is 11.7 Å². The number of aryl methyl sites for hydroxylation is 1. The molecule has 2 aromatic carbocycles. The number of hydrogen-bond acceptors (Lipinski definition) is 5. The molecule has 2 saturated carbocycles. The zero-order chi connectivity index (χ0) is 31.8. The van der Waals surface area contributed by atoms with Crippen LogP contribution < -0.4 is 0 Å². The minimum Gasteiger partial charge on any atom is -0.465 e. The van der Waals surface area contributed by atoms with Gasteiger partial charge in [0, 0.05) is 43.4 Å². The van der Waals surface area contributed by atoms with Gasteiger partial charge in [0.05, 0.1) is 24.1 Å². The number of carbonyl (C=O) groups is 2. The zero-order valence-electron chi connectivity index (χ0n) is 25.7.